The second kappa shape index (κ2) is 5.27. The first-order valence-electron chi connectivity index (χ1n) is 6.21. The van der Waals surface area contributed by atoms with Crippen LogP contribution in [-0.2, 0) is 15.8 Å². The van der Waals surface area contributed by atoms with Crippen molar-refractivity contribution < 1.29 is 17.3 Å². The zero-order chi connectivity index (χ0) is 15.0. The summed E-state index contributed by atoms with van der Waals surface area (Å²) in [6.45, 7) is 0. The highest BCUT2D eigenvalue weighted by Crippen LogP contribution is 2.39. The summed E-state index contributed by atoms with van der Waals surface area (Å²) in [6.07, 6.45) is 1.92. The van der Waals surface area contributed by atoms with E-state index in [1.165, 1.54) is 12.1 Å². The van der Waals surface area contributed by atoms with Crippen LogP contribution < -0.4 is 4.72 Å². The minimum absolute atomic E-state index is 0.0269. The molecule has 0 unspecified atom stereocenters. The van der Waals surface area contributed by atoms with Gasteiger partial charge in [-0.25, -0.2) is 17.5 Å². The summed E-state index contributed by atoms with van der Waals surface area (Å²) >= 11 is 5.73. The molecule has 2 aromatic rings. The van der Waals surface area contributed by atoms with E-state index in [0.29, 0.717) is 5.89 Å². The van der Waals surface area contributed by atoms with Gasteiger partial charge in [-0.1, -0.05) is 11.6 Å². The van der Waals surface area contributed by atoms with Gasteiger partial charge < -0.3 is 4.52 Å². The van der Waals surface area contributed by atoms with E-state index in [1.807, 2.05) is 0 Å². The van der Waals surface area contributed by atoms with Gasteiger partial charge in [-0.2, -0.15) is 4.98 Å². The Hall–Kier alpha value is -1.67. The molecule has 0 spiro atoms. The Morgan fingerprint density at radius 2 is 2.19 bits per heavy atom. The van der Waals surface area contributed by atoms with Crippen molar-refractivity contribution in [2.45, 2.75) is 24.5 Å². The molecular formula is C12H11ClFN3O3S. The molecule has 21 heavy (non-hydrogen) atoms. The van der Waals surface area contributed by atoms with Crippen molar-refractivity contribution in [1.82, 2.24) is 10.1 Å². The summed E-state index contributed by atoms with van der Waals surface area (Å²) in [5, 5.41) is 3.81. The first-order chi connectivity index (χ1) is 9.93. The van der Waals surface area contributed by atoms with Crippen LogP contribution in [0, 0.1) is 5.82 Å². The Labute approximate surface area is 125 Å². The van der Waals surface area contributed by atoms with Crippen LogP contribution in [0.5, 0.6) is 0 Å². The van der Waals surface area contributed by atoms with Gasteiger partial charge in [-0.05, 0) is 36.2 Å². The molecule has 1 saturated carbocycles. The molecule has 1 fully saturated rings. The minimum atomic E-state index is -3.85. The molecule has 0 amide bonds. The monoisotopic (exact) mass is 331 g/mol. The third-order valence-electron chi connectivity index (χ3n) is 2.97. The number of sulfonamides is 1. The van der Waals surface area contributed by atoms with Crippen LogP contribution in [0.4, 0.5) is 10.3 Å². The van der Waals surface area contributed by atoms with Crippen LogP contribution in [0.25, 0.3) is 0 Å². The highest BCUT2D eigenvalue weighted by atomic mass is 35.5. The van der Waals surface area contributed by atoms with E-state index in [9.17, 15) is 12.8 Å². The lowest BCUT2D eigenvalue weighted by Gasteiger charge is -2.05. The fourth-order valence-corrected chi connectivity index (χ4v) is 3.07. The van der Waals surface area contributed by atoms with Crippen LogP contribution in [-0.4, -0.2) is 18.6 Å². The Morgan fingerprint density at radius 3 is 2.90 bits per heavy atom. The lowest BCUT2D eigenvalue weighted by atomic mass is 10.2. The van der Waals surface area contributed by atoms with Crippen molar-refractivity contribution in [3.05, 3.63) is 40.5 Å². The van der Waals surface area contributed by atoms with Crippen molar-refractivity contribution in [3.8, 4) is 0 Å². The maximum Gasteiger partial charge on any atom is 0.277 e. The smallest absolute Gasteiger partial charge is 0.277 e. The maximum absolute atomic E-state index is 13.6. The lowest BCUT2D eigenvalue weighted by molar-refractivity contribution is 0.380. The zero-order valence-electron chi connectivity index (χ0n) is 10.7. The van der Waals surface area contributed by atoms with Gasteiger partial charge in [-0.3, -0.25) is 0 Å². The standard InChI is InChI=1S/C12H11ClFN3O3S/c13-9-3-4-10(14)8(5-9)6-21(18,19)17-12-15-11(20-16-12)7-1-2-7/h3-5,7H,1-2,6H2,(H,16,17). The second-order valence-electron chi connectivity index (χ2n) is 4.83. The van der Waals surface area contributed by atoms with E-state index < -0.39 is 21.6 Å². The molecule has 6 nitrogen and oxygen atoms in total. The average molecular weight is 332 g/mol. The van der Waals surface area contributed by atoms with Gasteiger partial charge in [0.1, 0.15) is 5.82 Å². The van der Waals surface area contributed by atoms with E-state index in [4.69, 9.17) is 16.1 Å². The maximum atomic E-state index is 13.6. The normalized spacial score (nSPS) is 15.1. The number of nitrogens with zero attached hydrogens (tertiary/aromatic N) is 2. The predicted molar refractivity (Wildman–Crippen MR) is 73.9 cm³/mol. The number of anilines is 1. The predicted octanol–water partition coefficient (Wildman–Crippen LogP) is 2.68. The summed E-state index contributed by atoms with van der Waals surface area (Å²) in [7, 11) is -3.85. The largest absolute Gasteiger partial charge is 0.337 e. The Morgan fingerprint density at radius 1 is 1.43 bits per heavy atom. The molecular weight excluding hydrogens is 321 g/mol. The second-order valence-corrected chi connectivity index (χ2v) is 6.99. The SMILES string of the molecule is O=S(=O)(Cc1cc(Cl)ccc1F)Nc1noc(C2CC2)n1. The van der Waals surface area contributed by atoms with Gasteiger partial charge in [0.05, 0.1) is 5.75 Å². The van der Waals surface area contributed by atoms with Crippen molar-refractivity contribution >= 4 is 27.6 Å². The highest BCUT2D eigenvalue weighted by Gasteiger charge is 2.30. The number of hydrogen-bond acceptors (Lipinski definition) is 5. The summed E-state index contributed by atoms with van der Waals surface area (Å²) < 4.78 is 44.6. The molecule has 1 aromatic heterocycles. The third kappa shape index (κ3) is 3.51. The molecule has 0 radical (unpaired) electrons. The zero-order valence-corrected chi connectivity index (χ0v) is 12.3. The Balaban J connectivity index is 1.75. The number of aromatic nitrogens is 2. The molecule has 1 N–H and O–H groups in total. The molecule has 9 heteroatoms. The molecule has 1 heterocycles. The van der Waals surface area contributed by atoms with E-state index in [1.54, 1.807) is 0 Å². The topological polar surface area (TPSA) is 85.1 Å². The molecule has 1 aliphatic rings. The summed E-state index contributed by atoms with van der Waals surface area (Å²) in [6, 6.07) is 3.73. The highest BCUT2D eigenvalue weighted by molar-refractivity contribution is 7.91. The van der Waals surface area contributed by atoms with Crippen molar-refractivity contribution in [3.63, 3.8) is 0 Å². The Kier molecular flexibility index (Phi) is 3.58. The van der Waals surface area contributed by atoms with Gasteiger partial charge in [0.25, 0.3) is 5.95 Å². The van der Waals surface area contributed by atoms with Crippen LogP contribution in [0.2, 0.25) is 5.02 Å². The first kappa shape index (κ1) is 14.3. The summed E-state index contributed by atoms with van der Waals surface area (Å²) in [5.41, 5.74) is -0.0269. The van der Waals surface area contributed by atoms with E-state index in [-0.39, 0.29) is 22.5 Å². The van der Waals surface area contributed by atoms with Gasteiger partial charge in [0, 0.05) is 16.5 Å². The van der Waals surface area contributed by atoms with Gasteiger partial charge in [-0.15, -0.1) is 0 Å². The van der Waals surface area contributed by atoms with Crippen molar-refractivity contribution in [2.75, 3.05) is 4.72 Å². The molecule has 112 valence electrons. The van der Waals surface area contributed by atoms with Crippen molar-refractivity contribution in [1.29, 1.82) is 0 Å². The summed E-state index contributed by atoms with van der Waals surface area (Å²) in [5.74, 6) is -0.703. The first-order valence-corrected chi connectivity index (χ1v) is 8.24. The van der Waals surface area contributed by atoms with Crippen LogP contribution in [0.1, 0.15) is 30.2 Å². The van der Waals surface area contributed by atoms with Gasteiger partial charge in [0.15, 0.2) is 0 Å². The van der Waals surface area contributed by atoms with Crippen molar-refractivity contribution in [2.24, 2.45) is 0 Å². The summed E-state index contributed by atoms with van der Waals surface area (Å²) in [4.78, 5) is 3.95. The van der Waals surface area contributed by atoms with E-state index in [2.05, 4.69) is 14.9 Å². The fourth-order valence-electron chi connectivity index (χ4n) is 1.81. The molecule has 0 atom stereocenters. The van der Waals surface area contributed by atoms with Crippen LogP contribution >= 0.6 is 11.6 Å². The van der Waals surface area contributed by atoms with E-state index >= 15 is 0 Å². The van der Waals surface area contributed by atoms with Crippen LogP contribution in [0.3, 0.4) is 0 Å². The quantitative estimate of drug-likeness (QED) is 0.910. The number of nitrogens with one attached hydrogen (secondary N) is 1. The van der Waals surface area contributed by atoms with Crippen LogP contribution in [0.15, 0.2) is 22.7 Å². The molecule has 0 bridgehead atoms. The minimum Gasteiger partial charge on any atom is -0.337 e. The fraction of sp³-hybridized carbons (Fsp3) is 0.333. The molecule has 3 rings (SSSR count). The molecule has 1 aromatic carbocycles. The Bertz CT molecular complexity index is 774. The van der Waals surface area contributed by atoms with E-state index in [0.717, 1.165) is 18.9 Å². The number of rotatable bonds is 5. The number of hydrogen-bond donors (Lipinski definition) is 1. The number of benzene rings is 1. The molecule has 0 aliphatic heterocycles. The molecule has 1 aliphatic carbocycles. The third-order valence-corrected chi connectivity index (χ3v) is 4.39. The van der Waals surface area contributed by atoms with Gasteiger partial charge >= 0.3 is 0 Å². The number of halogens is 2. The molecule has 0 saturated heterocycles. The van der Waals surface area contributed by atoms with Gasteiger partial charge in [0.2, 0.25) is 15.9 Å². The lowest BCUT2D eigenvalue weighted by Crippen LogP contribution is -2.16. The average Bonchev–Trinajstić information content (AvgIpc) is 3.15.